The first-order valence-corrected chi connectivity index (χ1v) is 6.67. The predicted octanol–water partition coefficient (Wildman–Crippen LogP) is 1.24. The molecular formula is C13H24O4. The predicted molar refractivity (Wildman–Crippen MR) is 63.8 cm³/mol. The first-order chi connectivity index (χ1) is 8.17. The maximum Gasteiger partial charge on any atom is 0.0735 e. The van der Waals surface area contributed by atoms with Crippen LogP contribution in [0.1, 0.15) is 44.9 Å². The third kappa shape index (κ3) is 3.19. The zero-order chi connectivity index (χ0) is 12.3. The minimum Gasteiger partial charge on any atom is -0.396 e. The van der Waals surface area contributed by atoms with E-state index in [0.29, 0.717) is 12.8 Å². The van der Waals surface area contributed by atoms with Crippen LogP contribution in [0.4, 0.5) is 0 Å². The van der Waals surface area contributed by atoms with E-state index in [1.54, 1.807) is 7.11 Å². The number of hydrogen-bond acceptors (Lipinski definition) is 4. The second kappa shape index (κ2) is 5.65. The number of ether oxygens (including phenoxy) is 2. The molecule has 2 N–H and O–H groups in total. The Hall–Kier alpha value is -0.160. The maximum absolute atomic E-state index is 9.93. The van der Waals surface area contributed by atoms with E-state index in [0.717, 1.165) is 32.1 Å². The van der Waals surface area contributed by atoms with Crippen molar-refractivity contribution in [2.75, 3.05) is 13.7 Å². The second-order valence-corrected chi connectivity index (χ2v) is 5.48. The van der Waals surface area contributed by atoms with Gasteiger partial charge in [-0.1, -0.05) is 0 Å². The molecule has 0 bridgehead atoms. The highest BCUT2D eigenvalue weighted by atomic mass is 16.5. The quantitative estimate of drug-likeness (QED) is 0.784. The summed E-state index contributed by atoms with van der Waals surface area (Å²) in [6.45, 7) is 0.178. The van der Waals surface area contributed by atoms with Crippen LogP contribution < -0.4 is 0 Å². The average molecular weight is 244 g/mol. The fourth-order valence-electron chi connectivity index (χ4n) is 3.35. The van der Waals surface area contributed by atoms with E-state index in [9.17, 15) is 5.11 Å². The normalized spacial score (nSPS) is 42.9. The minimum atomic E-state index is -0.318. The number of hydrogen-bond donors (Lipinski definition) is 2. The fourth-order valence-corrected chi connectivity index (χ4v) is 3.35. The Morgan fingerprint density at radius 2 is 2.24 bits per heavy atom. The summed E-state index contributed by atoms with van der Waals surface area (Å²) in [5.74, 6) is 0. The van der Waals surface area contributed by atoms with Gasteiger partial charge in [-0.3, -0.25) is 0 Å². The number of methoxy groups -OCH3 is 1. The van der Waals surface area contributed by atoms with Crippen LogP contribution >= 0.6 is 0 Å². The largest absolute Gasteiger partial charge is 0.396 e. The van der Waals surface area contributed by atoms with Gasteiger partial charge in [0.1, 0.15) is 0 Å². The van der Waals surface area contributed by atoms with E-state index in [1.165, 1.54) is 0 Å². The highest BCUT2D eigenvalue weighted by Crippen LogP contribution is 2.41. The molecule has 4 heteroatoms. The summed E-state index contributed by atoms with van der Waals surface area (Å²) in [6, 6.07) is 0. The van der Waals surface area contributed by atoms with Crippen molar-refractivity contribution in [2.24, 2.45) is 0 Å². The Bertz CT molecular complexity index is 244. The van der Waals surface area contributed by atoms with Gasteiger partial charge in [0.15, 0.2) is 0 Å². The van der Waals surface area contributed by atoms with Crippen molar-refractivity contribution in [1.29, 1.82) is 0 Å². The molecule has 2 aliphatic rings. The number of aliphatic hydroxyl groups excluding tert-OH is 2. The molecule has 4 nitrogen and oxygen atoms in total. The van der Waals surface area contributed by atoms with Crippen LogP contribution in [0.15, 0.2) is 0 Å². The van der Waals surface area contributed by atoms with Crippen molar-refractivity contribution in [3.63, 3.8) is 0 Å². The number of aliphatic hydroxyl groups is 2. The van der Waals surface area contributed by atoms with Crippen LogP contribution in [0.25, 0.3) is 0 Å². The van der Waals surface area contributed by atoms with Gasteiger partial charge in [0.05, 0.1) is 23.9 Å². The van der Waals surface area contributed by atoms with Crippen molar-refractivity contribution in [3.8, 4) is 0 Å². The summed E-state index contributed by atoms with van der Waals surface area (Å²) in [5.41, 5.74) is -0.212. The Morgan fingerprint density at radius 1 is 1.41 bits per heavy atom. The fraction of sp³-hybridized carbons (Fsp3) is 1.00. The molecule has 17 heavy (non-hydrogen) atoms. The summed E-state index contributed by atoms with van der Waals surface area (Å²) in [7, 11) is 1.70. The molecule has 4 atom stereocenters. The molecule has 0 aromatic rings. The molecule has 2 fully saturated rings. The van der Waals surface area contributed by atoms with Crippen LogP contribution in [-0.2, 0) is 9.47 Å². The number of rotatable bonds is 3. The summed E-state index contributed by atoms with van der Waals surface area (Å²) < 4.78 is 11.6. The lowest BCUT2D eigenvalue weighted by atomic mass is 9.76. The van der Waals surface area contributed by atoms with Gasteiger partial charge >= 0.3 is 0 Å². The maximum atomic E-state index is 9.93. The van der Waals surface area contributed by atoms with Crippen molar-refractivity contribution < 1.29 is 19.7 Å². The Kier molecular flexibility index (Phi) is 4.42. The lowest BCUT2D eigenvalue weighted by Crippen LogP contribution is -2.50. The van der Waals surface area contributed by atoms with Gasteiger partial charge in [-0.25, -0.2) is 0 Å². The Balaban J connectivity index is 2.00. The third-order valence-corrected chi connectivity index (χ3v) is 4.10. The van der Waals surface area contributed by atoms with E-state index < -0.39 is 0 Å². The SMILES string of the molecule is CO[C@H]1C[C@H](O)CC2(CCCC(CCO)O2)C1. The van der Waals surface area contributed by atoms with Gasteiger partial charge in [-0.2, -0.15) is 0 Å². The van der Waals surface area contributed by atoms with Crippen LogP contribution in [0, 0.1) is 0 Å². The van der Waals surface area contributed by atoms with Crippen LogP contribution in [0.3, 0.4) is 0 Å². The van der Waals surface area contributed by atoms with Gasteiger partial charge in [0.25, 0.3) is 0 Å². The Morgan fingerprint density at radius 3 is 2.94 bits per heavy atom. The highest BCUT2D eigenvalue weighted by molar-refractivity contribution is 4.95. The smallest absolute Gasteiger partial charge is 0.0735 e. The summed E-state index contributed by atoms with van der Waals surface area (Å²) in [5, 5.41) is 18.9. The Labute approximate surface area is 103 Å². The molecule has 0 aromatic heterocycles. The van der Waals surface area contributed by atoms with E-state index in [-0.39, 0.29) is 30.5 Å². The van der Waals surface area contributed by atoms with E-state index in [4.69, 9.17) is 14.6 Å². The van der Waals surface area contributed by atoms with Crippen LogP contribution in [-0.4, -0.2) is 47.8 Å². The van der Waals surface area contributed by atoms with Gasteiger partial charge in [0, 0.05) is 26.6 Å². The van der Waals surface area contributed by atoms with Crippen molar-refractivity contribution in [1.82, 2.24) is 0 Å². The van der Waals surface area contributed by atoms with E-state index >= 15 is 0 Å². The first kappa shape index (κ1) is 13.3. The molecule has 1 aliphatic carbocycles. The standard InChI is InChI=1S/C13H24O4/c1-16-12-7-10(15)8-13(9-12)5-2-3-11(17-13)4-6-14/h10-12,14-15H,2-9H2,1H3/t10-,11?,12-,13?/m0/s1. The van der Waals surface area contributed by atoms with Gasteiger partial charge in [-0.05, 0) is 32.1 Å². The summed E-state index contributed by atoms with van der Waals surface area (Å²) >= 11 is 0. The third-order valence-electron chi connectivity index (χ3n) is 4.10. The zero-order valence-corrected chi connectivity index (χ0v) is 10.6. The molecule has 0 amide bonds. The minimum absolute atomic E-state index is 0.103. The van der Waals surface area contributed by atoms with Gasteiger partial charge < -0.3 is 19.7 Å². The topological polar surface area (TPSA) is 58.9 Å². The monoisotopic (exact) mass is 244 g/mol. The molecule has 2 unspecified atom stereocenters. The van der Waals surface area contributed by atoms with Crippen LogP contribution in [0.2, 0.25) is 0 Å². The van der Waals surface area contributed by atoms with Crippen molar-refractivity contribution in [2.45, 2.75) is 68.9 Å². The molecular weight excluding hydrogens is 220 g/mol. The molecule has 2 rings (SSSR count). The second-order valence-electron chi connectivity index (χ2n) is 5.48. The van der Waals surface area contributed by atoms with Crippen molar-refractivity contribution >= 4 is 0 Å². The molecule has 1 saturated heterocycles. The summed E-state index contributed by atoms with van der Waals surface area (Å²) in [6.07, 6.45) is 6.10. The molecule has 0 aromatic carbocycles. The molecule has 100 valence electrons. The van der Waals surface area contributed by atoms with E-state index in [2.05, 4.69) is 0 Å². The lowest BCUT2D eigenvalue weighted by Gasteiger charge is -2.47. The molecule has 0 radical (unpaired) electrons. The zero-order valence-electron chi connectivity index (χ0n) is 10.6. The average Bonchev–Trinajstić information content (AvgIpc) is 2.28. The van der Waals surface area contributed by atoms with E-state index in [1.807, 2.05) is 0 Å². The lowest BCUT2D eigenvalue weighted by molar-refractivity contribution is -0.187. The summed E-state index contributed by atoms with van der Waals surface area (Å²) in [4.78, 5) is 0. The highest BCUT2D eigenvalue weighted by Gasteiger charge is 2.44. The van der Waals surface area contributed by atoms with Crippen molar-refractivity contribution in [3.05, 3.63) is 0 Å². The molecule has 1 aliphatic heterocycles. The molecule has 1 heterocycles. The molecule has 1 saturated carbocycles. The van der Waals surface area contributed by atoms with Gasteiger partial charge in [-0.15, -0.1) is 0 Å². The first-order valence-electron chi connectivity index (χ1n) is 6.67. The van der Waals surface area contributed by atoms with Gasteiger partial charge in [0.2, 0.25) is 0 Å². The van der Waals surface area contributed by atoms with Crippen LogP contribution in [0.5, 0.6) is 0 Å². The molecule has 1 spiro atoms.